The molecule has 1 aromatic rings. The fourth-order valence-corrected chi connectivity index (χ4v) is 1.19. The van der Waals surface area contributed by atoms with Gasteiger partial charge in [0, 0.05) is 4.98 Å². The molecule has 0 aliphatic carbocycles. The summed E-state index contributed by atoms with van der Waals surface area (Å²) in [5.74, 6) is -0.156. The zero-order chi connectivity index (χ0) is 8.72. The first-order valence-corrected chi connectivity index (χ1v) is 3.55. The van der Waals surface area contributed by atoms with Crippen molar-refractivity contribution in [1.29, 1.82) is 0 Å². The van der Waals surface area contributed by atoms with Gasteiger partial charge in [-0.15, -0.1) is 0 Å². The van der Waals surface area contributed by atoms with Crippen molar-refractivity contribution < 1.29 is 9.66 Å². The van der Waals surface area contributed by atoms with Gasteiger partial charge in [-0.05, 0) is 11.8 Å². The number of rotatable bonds is 1. The van der Waals surface area contributed by atoms with Gasteiger partial charge in [0.05, 0.1) is 6.54 Å². The lowest BCUT2D eigenvalue weighted by atomic mass is 10.4. The molecule has 0 saturated heterocycles. The predicted molar refractivity (Wildman–Crippen MR) is 39.0 cm³/mol. The van der Waals surface area contributed by atoms with Gasteiger partial charge in [-0.3, -0.25) is 4.57 Å². The molecule has 1 aliphatic rings. The second-order valence-electron chi connectivity index (χ2n) is 2.72. The van der Waals surface area contributed by atoms with E-state index in [1.807, 2.05) is 6.92 Å². The molecule has 64 valence electrons. The number of imidazole rings is 1. The maximum Gasteiger partial charge on any atom is 0.414 e. The molecule has 6 nitrogen and oxygen atoms in total. The van der Waals surface area contributed by atoms with Crippen LogP contribution < -0.4 is 4.74 Å². The quantitative estimate of drug-likeness (QED) is 0.455. The highest BCUT2D eigenvalue weighted by atomic mass is 16.6. The Kier molecular flexibility index (Phi) is 1.30. The number of hydrogen-bond acceptors (Lipinski definition) is 4. The zero-order valence-corrected chi connectivity index (χ0v) is 6.43. The van der Waals surface area contributed by atoms with E-state index >= 15 is 0 Å². The van der Waals surface area contributed by atoms with E-state index in [4.69, 9.17) is 4.74 Å². The Labute approximate surface area is 67.9 Å². The first kappa shape index (κ1) is 7.08. The normalized spacial score (nSPS) is 20.2. The minimum absolute atomic E-state index is 0.0632. The Morgan fingerprint density at radius 3 is 3.25 bits per heavy atom. The van der Waals surface area contributed by atoms with Crippen molar-refractivity contribution in [3.8, 4) is 6.01 Å². The van der Waals surface area contributed by atoms with Crippen molar-refractivity contribution in [1.82, 2.24) is 9.55 Å². The van der Waals surface area contributed by atoms with E-state index in [1.54, 1.807) is 4.57 Å². The number of fused-ring (bicyclic) bond motifs is 1. The average molecular weight is 169 g/mol. The molecule has 0 unspecified atom stereocenters. The molecule has 0 radical (unpaired) electrons. The second-order valence-corrected chi connectivity index (χ2v) is 2.72. The van der Waals surface area contributed by atoms with Gasteiger partial charge in [-0.2, -0.15) is 0 Å². The maximum atomic E-state index is 10.3. The summed E-state index contributed by atoms with van der Waals surface area (Å²) in [6.45, 7) is 2.52. The highest BCUT2D eigenvalue weighted by Gasteiger charge is 2.28. The van der Waals surface area contributed by atoms with E-state index in [0.717, 1.165) is 0 Å². The standard InChI is InChI=1S/C6H7N3O3/c1-4-2-8-3-5(9(10)11)7-6(8)12-4/h3-4H,2H2,1H3/t4-/m0/s1. The number of nitrogens with zero attached hydrogens (tertiary/aromatic N) is 3. The topological polar surface area (TPSA) is 70.2 Å². The molecule has 2 heterocycles. The van der Waals surface area contributed by atoms with Gasteiger partial charge in [0.1, 0.15) is 12.3 Å². The van der Waals surface area contributed by atoms with Gasteiger partial charge in [0.15, 0.2) is 0 Å². The van der Waals surface area contributed by atoms with E-state index < -0.39 is 4.92 Å². The van der Waals surface area contributed by atoms with E-state index in [2.05, 4.69) is 4.98 Å². The molecule has 0 amide bonds. The summed E-state index contributed by atoms with van der Waals surface area (Å²) in [5, 5.41) is 10.3. The largest absolute Gasteiger partial charge is 0.441 e. The molecule has 2 rings (SSSR count). The number of ether oxygens (including phenoxy) is 1. The Balaban J connectivity index is 2.34. The van der Waals surface area contributed by atoms with Gasteiger partial charge in [-0.1, -0.05) is 0 Å². The monoisotopic (exact) mass is 169 g/mol. The van der Waals surface area contributed by atoms with Crippen LogP contribution in [0.2, 0.25) is 0 Å². The summed E-state index contributed by atoms with van der Waals surface area (Å²) in [5.41, 5.74) is 0. The van der Waals surface area contributed by atoms with E-state index in [9.17, 15) is 10.1 Å². The van der Waals surface area contributed by atoms with Gasteiger partial charge < -0.3 is 14.9 Å². The van der Waals surface area contributed by atoms with Gasteiger partial charge in [-0.25, -0.2) is 0 Å². The fraction of sp³-hybridized carbons (Fsp3) is 0.500. The summed E-state index contributed by atoms with van der Waals surface area (Å²) < 4.78 is 6.83. The maximum absolute atomic E-state index is 10.3. The van der Waals surface area contributed by atoms with Crippen LogP contribution in [0.4, 0.5) is 5.82 Å². The molecule has 0 saturated carbocycles. The molecular formula is C6H7N3O3. The number of aromatic nitrogens is 2. The van der Waals surface area contributed by atoms with Crippen LogP contribution in [0.5, 0.6) is 6.01 Å². The van der Waals surface area contributed by atoms with Crippen LogP contribution in [0, 0.1) is 10.1 Å². The van der Waals surface area contributed by atoms with Gasteiger partial charge in [0.25, 0.3) is 0 Å². The molecular weight excluding hydrogens is 162 g/mol. The Morgan fingerprint density at radius 2 is 2.67 bits per heavy atom. The smallest absolute Gasteiger partial charge is 0.414 e. The summed E-state index contributed by atoms with van der Waals surface area (Å²) in [4.78, 5) is 13.4. The minimum atomic E-state index is -0.528. The molecule has 12 heavy (non-hydrogen) atoms. The molecule has 0 aromatic carbocycles. The van der Waals surface area contributed by atoms with Crippen LogP contribution in [0.3, 0.4) is 0 Å². The van der Waals surface area contributed by atoms with Crippen molar-refractivity contribution in [2.24, 2.45) is 0 Å². The minimum Gasteiger partial charge on any atom is -0.441 e. The van der Waals surface area contributed by atoms with Crippen LogP contribution in [-0.2, 0) is 6.54 Å². The van der Waals surface area contributed by atoms with Crippen molar-refractivity contribution in [2.75, 3.05) is 0 Å². The van der Waals surface area contributed by atoms with Gasteiger partial charge in [0.2, 0.25) is 0 Å². The van der Waals surface area contributed by atoms with E-state index in [1.165, 1.54) is 6.20 Å². The molecule has 0 bridgehead atoms. The molecule has 6 heteroatoms. The van der Waals surface area contributed by atoms with Crippen molar-refractivity contribution in [3.63, 3.8) is 0 Å². The van der Waals surface area contributed by atoms with E-state index in [0.29, 0.717) is 12.6 Å². The van der Waals surface area contributed by atoms with Crippen molar-refractivity contribution in [2.45, 2.75) is 19.6 Å². The van der Waals surface area contributed by atoms with Crippen LogP contribution >= 0.6 is 0 Å². The fourth-order valence-electron chi connectivity index (χ4n) is 1.19. The highest BCUT2D eigenvalue weighted by Crippen LogP contribution is 2.23. The molecule has 1 atom stereocenters. The molecule has 0 fully saturated rings. The molecule has 1 aliphatic heterocycles. The average Bonchev–Trinajstić information content (AvgIpc) is 2.42. The number of nitro groups is 1. The zero-order valence-electron chi connectivity index (χ0n) is 6.43. The molecule has 1 aromatic heterocycles. The second kappa shape index (κ2) is 2.20. The third-order valence-electron chi connectivity index (χ3n) is 1.67. The van der Waals surface area contributed by atoms with Crippen LogP contribution in [0.15, 0.2) is 6.20 Å². The molecule has 0 spiro atoms. The Morgan fingerprint density at radius 1 is 1.92 bits per heavy atom. The SMILES string of the molecule is C[C@H]1Cn2cc([N+](=O)[O-])nc2O1. The van der Waals surface area contributed by atoms with Crippen molar-refractivity contribution in [3.05, 3.63) is 16.3 Å². The summed E-state index contributed by atoms with van der Waals surface area (Å²) in [6, 6.07) is 0.342. The predicted octanol–water partition coefficient (Wildman–Crippen LogP) is 0.572. The lowest BCUT2D eigenvalue weighted by Gasteiger charge is -1.96. The van der Waals surface area contributed by atoms with Crippen LogP contribution in [0.25, 0.3) is 0 Å². The van der Waals surface area contributed by atoms with Crippen molar-refractivity contribution >= 4 is 5.82 Å². The summed E-state index contributed by atoms with van der Waals surface area (Å²) in [7, 11) is 0. The Bertz CT molecular complexity index is 309. The first-order chi connectivity index (χ1) is 5.66. The number of hydrogen-bond donors (Lipinski definition) is 0. The molecule has 0 N–H and O–H groups in total. The third kappa shape index (κ3) is 0.919. The Hall–Kier alpha value is -1.59. The van der Waals surface area contributed by atoms with Crippen LogP contribution in [0.1, 0.15) is 6.92 Å². The highest BCUT2D eigenvalue weighted by molar-refractivity contribution is 5.22. The summed E-state index contributed by atoms with van der Waals surface area (Å²) >= 11 is 0. The lowest BCUT2D eigenvalue weighted by Crippen LogP contribution is -2.08. The van der Waals surface area contributed by atoms with E-state index in [-0.39, 0.29) is 11.9 Å². The third-order valence-corrected chi connectivity index (χ3v) is 1.67. The lowest BCUT2D eigenvalue weighted by molar-refractivity contribution is -0.389. The van der Waals surface area contributed by atoms with Gasteiger partial charge >= 0.3 is 11.8 Å². The first-order valence-electron chi connectivity index (χ1n) is 3.55. The summed E-state index contributed by atoms with van der Waals surface area (Å²) in [6.07, 6.45) is 1.45. The van der Waals surface area contributed by atoms with Crippen LogP contribution in [-0.4, -0.2) is 20.6 Å².